The fourth-order valence-corrected chi connectivity index (χ4v) is 3.06. The molecule has 116 valence electrons. The van der Waals surface area contributed by atoms with Crippen LogP contribution in [-0.2, 0) is 0 Å². The van der Waals surface area contributed by atoms with Gasteiger partial charge in [0.05, 0.1) is 12.2 Å². The number of hydrogen-bond donors (Lipinski definition) is 1. The lowest BCUT2D eigenvalue weighted by Gasteiger charge is -2.15. The van der Waals surface area contributed by atoms with Crippen molar-refractivity contribution < 1.29 is 4.79 Å². The lowest BCUT2D eigenvalue weighted by molar-refractivity contribution is 0.102. The number of rotatable bonds is 4. The van der Waals surface area contributed by atoms with E-state index in [0.717, 1.165) is 18.7 Å². The van der Waals surface area contributed by atoms with Gasteiger partial charge in [0.1, 0.15) is 5.82 Å². The number of carbonyl (C=O) groups excluding carboxylic acids is 1. The van der Waals surface area contributed by atoms with Crippen molar-refractivity contribution in [3.8, 4) is 0 Å². The van der Waals surface area contributed by atoms with Gasteiger partial charge in [-0.3, -0.25) is 4.79 Å². The monoisotopic (exact) mass is 297 g/mol. The predicted molar refractivity (Wildman–Crippen MR) is 88.2 cm³/mol. The molecule has 2 aromatic rings. The van der Waals surface area contributed by atoms with E-state index in [1.807, 2.05) is 35.0 Å². The van der Waals surface area contributed by atoms with E-state index in [0.29, 0.717) is 17.5 Å². The second-order valence-electron chi connectivity index (χ2n) is 6.33. The van der Waals surface area contributed by atoms with Crippen LogP contribution in [0.4, 0.5) is 5.82 Å². The summed E-state index contributed by atoms with van der Waals surface area (Å²) in [6, 6.07) is 10.1. The molecule has 0 radical (unpaired) electrons. The van der Waals surface area contributed by atoms with Gasteiger partial charge < -0.3 is 5.32 Å². The molecular weight excluding hydrogens is 274 g/mol. The number of aromatic nitrogens is 2. The van der Waals surface area contributed by atoms with Crippen molar-refractivity contribution in [1.82, 2.24) is 9.78 Å². The molecule has 0 atom stereocenters. The van der Waals surface area contributed by atoms with Gasteiger partial charge in [-0.1, -0.05) is 38.8 Å². The summed E-state index contributed by atoms with van der Waals surface area (Å²) in [5.74, 6) is 1.20. The molecule has 1 aromatic heterocycles. The maximum Gasteiger partial charge on any atom is 0.256 e. The van der Waals surface area contributed by atoms with E-state index in [1.165, 1.54) is 18.4 Å². The van der Waals surface area contributed by atoms with Crippen LogP contribution in [0.3, 0.4) is 0 Å². The molecule has 4 nitrogen and oxygen atoms in total. The number of hydrogen-bond acceptors (Lipinski definition) is 2. The minimum Gasteiger partial charge on any atom is -0.307 e. The Bertz CT molecular complexity index is 637. The maximum absolute atomic E-state index is 12.4. The molecule has 1 N–H and O–H groups in total. The van der Waals surface area contributed by atoms with Gasteiger partial charge >= 0.3 is 0 Å². The van der Waals surface area contributed by atoms with Crippen molar-refractivity contribution in [2.24, 2.45) is 0 Å². The third-order valence-corrected chi connectivity index (χ3v) is 4.42. The van der Waals surface area contributed by atoms with Gasteiger partial charge in [-0.2, -0.15) is 5.10 Å². The molecule has 0 aliphatic heterocycles. The van der Waals surface area contributed by atoms with Crippen LogP contribution in [0.15, 0.2) is 36.5 Å². The Labute approximate surface area is 131 Å². The first-order valence-corrected chi connectivity index (χ1v) is 8.10. The van der Waals surface area contributed by atoms with Crippen molar-refractivity contribution in [2.75, 3.05) is 5.32 Å². The summed E-state index contributed by atoms with van der Waals surface area (Å²) in [6.07, 6.45) is 6.54. The lowest BCUT2D eigenvalue weighted by Crippen LogP contribution is -2.17. The van der Waals surface area contributed by atoms with Crippen molar-refractivity contribution in [2.45, 2.75) is 51.5 Å². The third-order valence-electron chi connectivity index (χ3n) is 4.42. The quantitative estimate of drug-likeness (QED) is 0.910. The van der Waals surface area contributed by atoms with Crippen LogP contribution in [0.1, 0.15) is 67.4 Å². The summed E-state index contributed by atoms with van der Waals surface area (Å²) < 4.78 is 1.97. The average molecular weight is 297 g/mol. The molecule has 3 rings (SSSR count). The molecule has 0 bridgehead atoms. The molecule has 1 aromatic carbocycles. The highest BCUT2D eigenvalue weighted by Gasteiger charge is 2.20. The number of benzene rings is 1. The normalized spacial score (nSPS) is 15.4. The number of carbonyl (C=O) groups is 1. The Morgan fingerprint density at radius 2 is 1.86 bits per heavy atom. The number of anilines is 1. The Kier molecular flexibility index (Phi) is 4.27. The van der Waals surface area contributed by atoms with Crippen LogP contribution in [0.5, 0.6) is 0 Å². The summed E-state index contributed by atoms with van der Waals surface area (Å²) in [6.45, 7) is 4.30. The predicted octanol–water partition coefficient (Wildman–Crippen LogP) is 4.37. The minimum absolute atomic E-state index is 0.0740. The van der Waals surface area contributed by atoms with Gasteiger partial charge in [-0.25, -0.2) is 4.68 Å². The summed E-state index contributed by atoms with van der Waals surface area (Å²) in [5.41, 5.74) is 1.93. The topological polar surface area (TPSA) is 46.9 Å². The maximum atomic E-state index is 12.4. The Morgan fingerprint density at radius 1 is 1.18 bits per heavy atom. The second kappa shape index (κ2) is 6.34. The Balaban J connectivity index is 1.73. The molecule has 1 amide bonds. The van der Waals surface area contributed by atoms with Gasteiger partial charge in [0.2, 0.25) is 0 Å². The molecule has 1 aliphatic carbocycles. The van der Waals surface area contributed by atoms with Crippen LogP contribution in [0.2, 0.25) is 0 Å². The third kappa shape index (κ3) is 3.06. The average Bonchev–Trinajstić information content (AvgIpc) is 3.18. The zero-order valence-corrected chi connectivity index (χ0v) is 13.2. The summed E-state index contributed by atoms with van der Waals surface area (Å²) in [7, 11) is 0. The molecule has 4 heteroatoms. The van der Waals surface area contributed by atoms with Crippen LogP contribution in [-0.4, -0.2) is 15.7 Å². The fourth-order valence-electron chi connectivity index (χ4n) is 3.06. The SMILES string of the molecule is CC(C)c1ccc(C(=O)Nc2ccnn2C2CCCC2)cc1. The van der Waals surface area contributed by atoms with E-state index >= 15 is 0 Å². The summed E-state index contributed by atoms with van der Waals surface area (Å²) >= 11 is 0. The smallest absolute Gasteiger partial charge is 0.256 e. The largest absolute Gasteiger partial charge is 0.307 e. The van der Waals surface area contributed by atoms with Crippen molar-refractivity contribution in [3.63, 3.8) is 0 Å². The first-order valence-electron chi connectivity index (χ1n) is 8.10. The highest BCUT2D eigenvalue weighted by atomic mass is 16.1. The Morgan fingerprint density at radius 3 is 2.50 bits per heavy atom. The van der Waals surface area contributed by atoms with Gasteiger partial charge in [0.25, 0.3) is 5.91 Å². The highest BCUT2D eigenvalue weighted by molar-refractivity contribution is 6.03. The van der Waals surface area contributed by atoms with E-state index in [4.69, 9.17) is 0 Å². The number of nitrogens with zero attached hydrogens (tertiary/aromatic N) is 2. The van der Waals surface area contributed by atoms with Crippen LogP contribution in [0, 0.1) is 0 Å². The van der Waals surface area contributed by atoms with Gasteiger partial charge in [-0.15, -0.1) is 0 Å². The van der Waals surface area contributed by atoms with Gasteiger partial charge in [-0.05, 0) is 36.5 Å². The Hall–Kier alpha value is -2.10. The standard InChI is InChI=1S/C18H23N3O/c1-13(2)14-7-9-15(10-8-14)18(22)20-17-11-12-19-21(17)16-5-3-4-6-16/h7-13,16H,3-6H2,1-2H3,(H,20,22). The molecule has 22 heavy (non-hydrogen) atoms. The summed E-state index contributed by atoms with van der Waals surface area (Å²) in [5, 5.41) is 7.38. The molecule has 1 fully saturated rings. The van der Waals surface area contributed by atoms with Crippen molar-refractivity contribution in [1.29, 1.82) is 0 Å². The van der Waals surface area contributed by atoms with Crippen molar-refractivity contribution in [3.05, 3.63) is 47.7 Å². The first kappa shape index (κ1) is 14.8. The zero-order chi connectivity index (χ0) is 15.5. The fraction of sp³-hybridized carbons (Fsp3) is 0.444. The van der Waals surface area contributed by atoms with E-state index in [1.54, 1.807) is 6.20 Å². The molecule has 0 spiro atoms. The molecule has 1 saturated carbocycles. The van der Waals surface area contributed by atoms with Crippen LogP contribution >= 0.6 is 0 Å². The van der Waals surface area contributed by atoms with Crippen molar-refractivity contribution >= 4 is 11.7 Å². The lowest BCUT2D eigenvalue weighted by atomic mass is 10.0. The number of amides is 1. The molecule has 1 heterocycles. The van der Waals surface area contributed by atoms with E-state index < -0.39 is 0 Å². The van der Waals surface area contributed by atoms with E-state index in [9.17, 15) is 4.79 Å². The summed E-state index contributed by atoms with van der Waals surface area (Å²) in [4.78, 5) is 12.4. The van der Waals surface area contributed by atoms with E-state index in [-0.39, 0.29) is 5.91 Å². The molecule has 0 unspecified atom stereocenters. The highest BCUT2D eigenvalue weighted by Crippen LogP contribution is 2.31. The minimum atomic E-state index is -0.0740. The number of nitrogens with one attached hydrogen (secondary N) is 1. The molecular formula is C18H23N3O. The van der Waals surface area contributed by atoms with Crippen LogP contribution < -0.4 is 5.32 Å². The zero-order valence-electron chi connectivity index (χ0n) is 13.2. The van der Waals surface area contributed by atoms with Crippen LogP contribution in [0.25, 0.3) is 0 Å². The van der Waals surface area contributed by atoms with Gasteiger partial charge in [0, 0.05) is 11.6 Å². The molecule has 1 aliphatic rings. The van der Waals surface area contributed by atoms with E-state index in [2.05, 4.69) is 24.3 Å². The first-order chi connectivity index (χ1) is 10.6. The second-order valence-corrected chi connectivity index (χ2v) is 6.33. The van der Waals surface area contributed by atoms with Gasteiger partial charge in [0.15, 0.2) is 0 Å². The molecule has 0 saturated heterocycles.